The molecule has 1 aromatic heterocycles. The van der Waals surface area contributed by atoms with E-state index in [-0.39, 0.29) is 64.6 Å². The van der Waals surface area contributed by atoms with Crippen LogP contribution in [0.2, 0.25) is 0 Å². The molecule has 2 atom stereocenters. The molecule has 0 bridgehead atoms. The summed E-state index contributed by atoms with van der Waals surface area (Å²) >= 11 is 2.49. The van der Waals surface area contributed by atoms with Crippen molar-refractivity contribution in [3.05, 3.63) is 27.9 Å². The molecule has 1 saturated heterocycles. The molecule has 1 aromatic rings. The van der Waals surface area contributed by atoms with Gasteiger partial charge in [-0.2, -0.15) is 0 Å². The maximum atomic E-state index is 12.6. The smallest absolute Gasteiger partial charge is 0.543 e. The molecular weight excluding hydrogens is 447 g/mol. The van der Waals surface area contributed by atoms with Crippen molar-refractivity contribution in [3.8, 4) is 0 Å². The van der Waals surface area contributed by atoms with E-state index < -0.39 is 35.2 Å². The Kier molecular flexibility index (Phi) is 8.43. The number of esters is 1. The van der Waals surface area contributed by atoms with E-state index in [4.69, 9.17) is 4.74 Å². The number of thioether (sulfide) groups is 1. The number of rotatable bonds is 7. The van der Waals surface area contributed by atoms with Crippen LogP contribution in [0, 0.1) is 0 Å². The van der Waals surface area contributed by atoms with Gasteiger partial charge in [0.15, 0.2) is 5.71 Å². The number of aliphatic carboxylic acids is 1. The van der Waals surface area contributed by atoms with Crippen LogP contribution < -0.4 is 40.0 Å². The summed E-state index contributed by atoms with van der Waals surface area (Å²) in [6.45, 7) is 0.938. The number of carbonyl (C=O) groups excluding carboxylic acids is 4. The number of hydrogen-bond donors (Lipinski definition) is 1. The van der Waals surface area contributed by atoms with Crippen LogP contribution in [0.15, 0.2) is 27.3 Å². The van der Waals surface area contributed by atoms with Gasteiger partial charge in [-0.05, 0) is 0 Å². The fourth-order valence-electron chi connectivity index (χ4n) is 2.81. The van der Waals surface area contributed by atoms with E-state index in [1.54, 1.807) is 5.38 Å². The Hall–Kier alpha value is -1.93. The van der Waals surface area contributed by atoms with Gasteiger partial charge in [0.2, 0.25) is 0 Å². The maximum Gasteiger partial charge on any atom is 1.00 e. The number of β-lactam (4-membered cyclic amide) rings is 1. The molecule has 0 saturated carbocycles. The van der Waals surface area contributed by atoms with Crippen LogP contribution >= 0.6 is 23.1 Å². The number of oxime groups is 1. The fraction of sp³-hybridized carbons (Fsp3) is 0.375. The molecule has 14 heteroatoms. The minimum absolute atomic E-state index is 0. The average Bonchev–Trinajstić information content (AvgIpc) is 3.21. The molecule has 0 spiro atoms. The maximum absolute atomic E-state index is 12.6. The fourth-order valence-corrected chi connectivity index (χ4v) is 4.67. The Bertz CT molecular complexity index is 919. The first kappa shape index (κ1) is 24.3. The molecule has 1 unspecified atom stereocenters. The first-order valence-corrected chi connectivity index (χ1v) is 10.2. The standard InChI is InChI=1S/C16H16N4O7S2.Na/c1-7(21)27-3-8-4-29-15-11(14(23)20(15)12(8)16(24)25)18-13(22)10(19-26-2)9-5-28-6-17-9;/h5-6,11,15H,3-4H2,1-2H3,(H,18,22)(H,24,25);/q;+1/p-1/t11?,15-;/m0./s1. The number of ether oxygens (including phenoxy) is 1. The van der Waals surface area contributed by atoms with Gasteiger partial charge in [0.1, 0.15) is 30.8 Å². The second-order valence-corrected chi connectivity index (χ2v) is 7.70. The van der Waals surface area contributed by atoms with E-state index in [1.165, 1.54) is 42.6 Å². The summed E-state index contributed by atoms with van der Waals surface area (Å²) in [5, 5.41) is 18.7. The number of thiazole rings is 1. The van der Waals surface area contributed by atoms with Crippen molar-refractivity contribution >= 4 is 52.6 Å². The van der Waals surface area contributed by atoms with Crippen LogP contribution in [-0.4, -0.2) is 70.2 Å². The molecule has 1 fully saturated rings. The molecule has 1 N–H and O–H groups in total. The third-order valence-electron chi connectivity index (χ3n) is 4.05. The van der Waals surface area contributed by atoms with E-state index in [2.05, 4.69) is 20.3 Å². The van der Waals surface area contributed by atoms with Gasteiger partial charge in [-0.3, -0.25) is 19.3 Å². The first-order chi connectivity index (χ1) is 13.8. The zero-order valence-corrected chi connectivity index (χ0v) is 19.9. The number of nitrogens with one attached hydrogen (secondary N) is 1. The molecule has 3 rings (SSSR count). The van der Waals surface area contributed by atoms with Gasteiger partial charge in [-0.15, -0.1) is 23.1 Å². The number of carboxylic acids is 1. The van der Waals surface area contributed by atoms with E-state index in [9.17, 15) is 24.3 Å². The van der Waals surface area contributed by atoms with Crippen molar-refractivity contribution < 1.29 is 63.4 Å². The Labute approximate surface area is 201 Å². The predicted octanol–water partition coefficient (Wildman–Crippen LogP) is -4.54. The third-order valence-corrected chi connectivity index (χ3v) is 5.98. The first-order valence-electron chi connectivity index (χ1n) is 8.17. The Morgan fingerprint density at radius 2 is 2.17 bits per heavy atom. The summed E-state index contributed by atoms with van der Waals surface area (Å²) in [6, 6.07) is -0.960. The van der Waals surface area contributed by atoms with Crippen molar-refractivity contribution in [3.63, 3.8) is 0 Å². The monoisotopic (exact) mass is 462 g/mol. The number of nitrogens with zero attached hydrogens (tertiary/aromatic N) is 3. The van der Waals surface area contributed by atoms with E-state index >= 15 is 0 Å². The number of aromatic nitrogens is 1. The average molecular weight is 462 g/mol. The second kappa shape index (κ2) is 10.4. The summed E-state index contributed by atoms with van der Waals surface area (Å²) in [5.74, 6) is -3.23. The number of carboxylic acid groups (broad SMARTS) is 1. The van der Waals surface area contributed by atoms with Crippen LogP contribution in [0.3, 0.4) is 0 Å². The van der Waals surface area contributed by atoms with Crippen molar-refractivity contribution in [1.29, 1.82) is 0 Å². The molecule has 11 nitrogen and oxygen atoms in total. The van der Waals surface area contributed by atoms with Gasteiger partial charge < -0.3 is 24.8 Å². The van der Waals surface area contributed by atoms with Gasteiger partial charge in [0.05, 0.1) is 17.2 Å². The van der Waals surface area contributed by atoms with Crippen LogP contribution in [-0.2, 0) is 28.8 Å². The summed E-state index contributed by atoms with van der Waals surface area (Å²) < 4.78 is 4.85. The SMILES string of the molecule is CON=C(C(=O)NC1C(=O)N2C(C(=O)[O-])=C(COC(C)=O)CS[C@@H]12)c1cscn1.[Na+]. The van der Waals surface area contributed by atoms with Crippen LogP contribution in [0.4, 0.5) is 0 Å². The molecule has 0 aromatic carbocycles. The second-order valence-electron chi connectivity index (χ2n) is 5.88. The van der Waals surface area contributed by atoms with Gasteiger partial charge in [0.25, 0.3) is 11.8 Å². The molecule has 154 valence electrons. The van der Waals surface area contributed by atoms with Gasteiger partial charge in [-0.1, -0.05) is 5.16 Å². The minimum atomic E-state index is -1.56. The summed E-state index contributed by atoms with van der Waals surface area (Å²) in [4.78, 5) is 57.5. The summed E-state index contributed by atoms with van der Waals surface area (Å²) in [6.07, 6.45) is 0. The molecular formula is C16H15N4NaO7S2. The Morgan fingerprint density at radius 1 is 1.43 bits per heavy atom. The molecule has 2 aliphatic heterocycles. The number of carbonyl (C=O) groups is 4. The largest absolute Gasteiger partial charge is 1.00 e. The topological polar surface area (TPSA) is 150 Å². The van der Waals surface area contributed by atoms with Crippen LogP contribution in [0.25, 0.3) is 0 Å². The Balaban J connectivity index is 0.00000320. The van der Waals surface area contributed by atoms with Crippen molar-refractivity contribution in [2.75, 3.05) is 19.5 Å². The Morgan fingerprint density at radius 3 is 2.73 bits per heavy atom. The normalized spacial score (nSPS) is 20.5. The minimum Gasteiger partial charge on any atom is -0.543 e. The van der Waals surface area contributed by atoms with Gasteiger partial charge in [-0.25, -0.2) is 4.98 Å². The summed E-state index contributed by atoms with van der Waals surface area (Å²) in [5.41, 5.74) is 1.61. The van der Waals surface area contributed by atoms with E-state index in [0.29, 0.717) is 0 Å². The van der Waals surface area contributed by atoms with E-state index in [0.717, 1.165) is 4.90 Å². The predicted molar refractivity (Wildman–Crippen MR) is 99.3 cm³/mol. The zero-order chi connectivity index (χ0) is 21.1. The number of amides is 2. The summed E-state index contributed by atoms with van der Waals surface area (Å²) in [7, 11) is 1.27. The van der Waals surface area contributed by atoms with E-state index in [1.807, 2.05) is 0 Å². The molecule has 2 amide bonds. The van der Waals surface area contributed by atoms with Crippen molar-refractivity contribution in [2.24, 2.45) is 5.16 Å². The number of fused-ring (bicyclic) bond motifs is 1. The molecule has 30 heavy (non-hydrogen) atoms. The molecule has 0 radical (unpaired) electrons. The van der Waals surface area contributed by atoms with Crippen molar-refractivity contribution in [1.82, 2.24) is 15.2 Å². The quantitative estimate of drug-likeness (QED) is 0.139. The van der Waals surface area contributed by atoms with Crippen molar-refractivity contribution in [2.45, 2.75) is 18.3 Å². The molecule has 3 heterocycles. The molecule has 2 aliphatic rings. The van der Waals surface area contributed by atoms with Gasteiger partial charge in [0, 0.05) is 23.6 Å². The number of hydrogen-bond acceptors (Lipinski definition) is 11. The van der Waals surface area contributed by atoms with Crippen LogP contribution in [0.1, 0.15) is 12.6 Å². The van der Waals surface area contributed by atoms with Crippen LogP contribution in [0.5, 0.6) is 0 Å². The zero-order valence-electron chi connectivity index (χ0n) is 16.2. The molecule has 0 aliphatic carbocycles. The third kappa shape index (κ3) is 4.86. The van der Waals surface area contributed by atoms with Gasteiger partial charge >= 0.3 is 35.5 Å².